The fourth-order valence-corrected chi connectivity index (χ4v) is 4.34. The van der Waals surface area contributed by atoms with Crippen molar-refractivity contribution in [2.75, 3.05) is 5.32 Å². The van der Waals surface area contributed by atoms with Crippen LogP contribution in [0.15, 0.2) is 71.6 Å². The van der Waals surface area contributed by atoms with Crippen molar-refractivity contribution in [3.8, 4) is 0 Å². The highest BCUT2D eigenvalue weighted by molar-refractivity contribution is 7.84. The summed E-state index contributed by atoms with van der Waals surface area (Å²) in [6.45, 7) is 1.85. The average Bonchev–Trinajstić information content (AvgIpc) is 2.70. The standard InChI is InChI=1S/C21H17ClN2O4S/c1-14-6-2-4-8-18(14)23-21(25)15-10-11-16(19(12-15)24(26)27)13-29(28)20-9-5-3-7-17(20)22/h2-12H,13H2,1H3,(H,23,25). The number of nitro benzene ring substituents is 1. The number of aryl methyl sites for hydroxylation is 1. The number of carbonyl (C=O) groups excluding carboxylic acids is 1. The Kier molecular flexibility index (Phi) is 6.41. The van der Waals surface area contributed by atoms with Crippen molar-refractivity contribution in [2.24, 2.45) is 0 Å². The zero-order chi connectivity index (χ0) is 21.0. The number of hydrogen-bond donors (Lipinski definition) is 1. The van der Waals surface area contributed by atoms with Gasteiger partial charge in [0.05, 0.1) is 31.4 Å². The highest BCUT2D eigenvalue weighted by Gasteiger charge is 2.20. The smallest absolute Gasteiger partial charge is 0.274 e. The topological polar surface area (TPSA) is 89.3 Å². The first kappa shape index (κ1) is 20.7. The normalized spacial score (nSPS) is 11.7. The number of carbonyl (C=O) groups is 1. The van der Waals surface area contributed by atoms with Crippen LogP contribution in [0.1, 0.15) is 21.5 Å². The van der Waals surface area contributed by atoms with E-state index in [2.05, 4.69) is 5.32 Å². The zero-order valence-corrected chi connectivity index (χ0v) is 17.0. The van der Waals surface area contributed by atoms with Gasteiger partial charge in [0.2, 0.25) is 0 Å². The molecule has 0 bridgehead atoms. The molecule has 29 heavy (non-hydrogen) atoms. The summed E-state index contributed by atoms with van der Waals surface area (Å²) in [6, 6.07) is 18.0. The Balaban J connectivity index is 1.86. The fourth-order valence-electron chi connectivity index (χ4n) is 2.75. The first-order valence-electron chi connectivity index (χ1n) is 8.64. The van der Waals surface area contributed by atoms with Gasteiger partial charge < -0.3 is 5.32 Å². The summed E-state index contributed by atoms with van der Waals surface area (Å²) in [4.78, 5) is 23.9. The Morgan fingerprint density at radius 2 is 1.79 bits per heavy atom. The zero-order valence-electron chi connectivity index (χ0n) is 15.4. The van der Waals surface area contributed by atoms with Gasteiger partial charge in [-0.2, -0.15) is 0 Å². The molecule has 0 fully saturated rings. The van der Waals surface area contributed by atoms with Gasteiger partial charge in [0.25, 0.3) is 11.6 Å². The number of anilines is 1. The molecule has 0 aliphatic heterocycles. The number of amides is 1. The van der Waals surface area contributed by atoms with Gasteiger partial charge in [0.1, 0.15) is 0 Å². The molecule has 0 aliphatic carbocycles. The van der Waals surface area contributed by atoms with Crippen molar-refractivity contribution in [2.45, 2.75) is 17.6 Å². The van der Waals surface area contributed by atoms with Gasteiger partial charge in [-0.25, -0.2) is 0 Å². The van der Waals surface area contributed by atoms with Gasteiger partial charge in [0, 0.05) is 22.9 Å². The van der Waals surface area contributed by atoms with Crippen LogP contribution in [-0.4, -0.2) is 15.0 Å². The van der Waals surface area contributed by atoms with E-state index in [4.69, 9.17) is 11.6 Å². The maximum atomic E-state index is 12.6. The molecule has 3 aromatic rings. The number of nitrogens with zero attached hydrogens (tertiary/aromatic N) is 1. The minimum absolute atomic E-state index is 0.0836. The number of halogens is 1. The van der Waals surface area contributed by atoms with Crippen LogP contribution in [0.25, 0.3) is 0 Å². The second-order valence-electron chi connectivity index (χ2n) is 6.29. The second-order valence-corrected chi connectivity index (χ2v) is 8.12. The van der Waals surface area contributed by atoms with E-state index in [1.165, 1.54) is 18.2 Å². The monoisotopic (exact) mass is 428 g/mol. The van der Waals surface area contributed by atoms with E-state index in [1.54, 1.807) is 36.4 Å². The van der Waals surface area contributed by atoms with Gasteiger partial charge in [-0.3, -0.25) is 19.1 Å². The molecule has 1 N–H and O–H groups in total. The molecule has 6 nitrogen and oxygen atoms in total. The number of nitro groups is 1. The van der Waals surface area contributed by atoms with Crippen molar-refractivity contribution >= 4 is 39.7 Å². The van der Waals surface area contributed by atoms with E-state index < -0.39 is 21.6 Å². The molecular formula is C21H17ClN2O4S. The number of para-hydroxylation sites is 1. The molecule has 1 atom stereocenters. The minimum Gasteiger partial charge on any atom is -0.322 e. The highest BCUT2D eigenvalue weighted by atomic mass is 35.5. The molecule has 0 aromatic heterocycles. The summed E-state index contributed by atoms with van der Waals surface area (Å²) < 4.78 is 12.6. The molecule has 8 heteroatoms. The van der Waals surface area contributed by atoms with Gasteiger partial charge in [-0.05, 0) is 36.8 Å². The van der Waals surface area contributed by atoms with Crippen molar-refractivity contribution in [1.82, 2.24) is 0 Å². The molecule has 0 aliphatic rings. The summed E-state index contributed by atoms with van der Waals surface area (Å²) in [5.74, 6) is -0.541. The first-order chi connectivity index (χ1) is 13.9. The molecule has 1 unspecified atom stereocenters. The van der Waals surface area contributed by atoms with Crippen LogP contribution < -0.4 is 5.32 Å². The summed E-state index contributed by atoms with van der Waals surface area (Å²) in [5.41, 5.74) is 1.65. The van der Waals surface area contributed by atoms with Gasteiger partial charge in [-0.1, -0.05) is 48.0 Å². The van der Waals surface area contributed by atoms with Crippen molar-refractivity contribution < 1.29 is 13.9 Å². The van der Waals surface area contributed by atoms with Gasteiger partial charge >= 0.3 is 0 Å². The molecular weight excluding hydrogens is 412 g/mol. The number of benzene rings is 3. The lowest BCUT2D eigenvalue weighted by molar-refractivity contribution is -0.385. The van der Waals surface area contributed by atoms with Crippen molar-refractivity contribution in [3.63, 3.8) is 0 Å². The van der Waals surface area contributed by atoms with Gasteiger partial charge in [-0.15, -0.1) is 0 Å². The molecule has 148 valence electrons. The lowest BCUT2D eigenvalue weighted by atomic mass is 10.1. The van der Waals surface area contributed by atoms with Crippen LogP contribution in [0.5, 0.6) is 0 Å². The highest BCUT2D eigenvalue weighted by Crippen LogP contribution is 2.27. The summed E-state index contributed by atoms with van der Waals surface area (Å²) in [6.07, 6.45) is 0. The van der Waals surface area contributed by atoms with E-state index in [0.717, 1.165) is 5.56 Å². The van der Waals surface area contributed by atoms with Crippen molar-refractivity contribution in [3.05, 3.63) is 98.6 Å². The molecule has 3 aromatic carbocycles. The predicted octanol–water partition coefficient (Wildman–Crippen LogP) is 5.12. The average molecular weight is 429 g/mol. The third-order valence-electron chi connectivity index (χ3n) is 4.31. The van der Waals surface area contributed by atoms with E-state index in [9.17, 15) is 19.1 Å². The third kappa shape index (κ3) is 4.88. The van der Waals surface area contributed by atoms with Crippen LogP contribution in [0.3, 0.4) is 0 Å². The second kappa shape index (κ2) is 8.98. The minimum atomic E-state index is -1.56. The Labute approximate surface area is 175 Å². The van der Waals surface area contributed by atoms with Crippen molar-refractivity contribution in [1.29, 1.82) is 0 Å². The maximum absolute atomic E-state index is 12.6. The van der Waals surface area contributed by atoms with E-state index in [1.807, 2.05) is 19.1 Å². The Bertz CT molecular complexity index is 1120. The largest absolute Gasteiger partial charge is 0.322 e. The number of rotatable bonds is 6. The fraction of sp³-hybridized carbons (Fsp3) is 0.0952. The summed E-state index contributed by atoms with van der Waals surface area (Å²) in [7, 11) is -1.56. The van der Waals surface area contributed by atoms with Gasteiger partial charge in [0.15, 0.2) is 0 Å². The summed E-state index contributed by atoms with van der Waals surface area (Å²) in [5, 5.41) is 14.6. The Hall–Kier alpha value is -3.03. The van der Waals surface area contributed by atoms with Crippen LogP contribution >= 0.6 is 11.6 Å². The maximum Gasteiger partial charge on any atom is 0.274 e. The molecule has 1 amide bonds. The molecule has 0 radical (unpaired) electrons. The lowest BCUT2D eigenvalue weighted by Crippen LogP contribution is -2.13. The van der Waals surface area contributed by atoms with Crippen LogP contribution in [0, 0.1) is 17.0 Å². The third-order valence-corrected chi connectivity index (χ3v) is 6.17. The van der Waals surface area contributed by atoms with E-state index in [-0.39, 0.29) is 22.6 Å². The molecule has 0 saturated carbocycles. The Morgan fingerprint density at radius 3 is 2.48 bits per heavy atom. The predicted molar refractivity (Wildman–Crippen MR) is 114 cm³/mol. The number of hydrogen-bond acceptors (Lipinski definition) is 4. The van der Waals surface area contributed by atoms with Crippen LogP contribution in [0.2, 0.25) is 5.02 Å². The Morgan fingerprint density at radius 1 is 1.10 bits per heavy atom. The number of nitrogens with one attached hydrogen (secondary N) is 1. The summed E-state index contributed by atoms with van der Waals surface area (Å²) >= 11 is 6.06. The van der Waals surface area contributed by atoms with Crippen LogP contribution in [0.4, 0.5) is 11.4 Å². The quantitative estimate of drug-likeness (QED) is 0.436. The molecule has 0 spiro atoms. The van der Waals surface area contributed by atoms with E-state index in [0.29, 0.717) is 15.6 Å². The molecule has 0 saturated heterocycles. The SMILES string of the molecule is Cc1ccccc1NC(=O)c1ccc(CS(=O)c2ccccc2Cl)c([N+](=O)[O-])c1. The van der Waals surface area contributed by atoms with E-state index >= 15 is 0 Å². The molecule has 0 heterocycles. The van der Waals surface area contributed by atoms with Crippen LogP contribution in [-0.2, 0) is 16.6 Å². The lowest BCUT2D eigenvalue weighted by Gasteiger charge is -2.10. The first-order valence-corrected chi connectivity index (χ1v) is 10.3. The molecule has 3 rings (SSSR count).